The zero-order valence-corrected chi connectivity index (χ0v) is 9.83. The van der Waals surface area contributed by atoms with Gasteiger partial charge in [-0.15, -0.1) is 0 Å². The lowest BCUT2D eigenvalue weighted by Gasteiger charge is -2.11. The molecule has 1 rings (SSSR count). The second-order valence-electron chi connectivity index (χ2n) is 3.51. The number of hydrogen-bond donors (Lipinski definition) is 2. The van der Waals surface area contributed by atoms with Crippen LogP contribution in [-0.4, -0.2) is 13.1 Å². The topological polar surface area (TPSA) is 52.0 Å². The lowest BCUT2D eigenvalue weighted by atomic mass is 10.00. The third-order valence-corrected chi connectivity index (χ3v) is 2.89. The summed E-state index contributed by atoms with van der Waals surface area (Å²) in [4.78, 5) is 0. The number of nitrogens with two attached hydrogens (primary N) is 2. The van der Waals surface area contributed by atoms with E-state index in [1.165, 1.54) is 5.56 Å². The van der Waals surface area contributed by atoms with Gasteiger partial charge in [-0.3, -0.25) is 0 Å². The molecule has 14 heavy (non-hydrogen) atoms. The van der Waals surface area contributed by atoms with Crippen molar-refractivity contribution >= 4 is 15.9 Å². The van der Waals surface area contributed by atoms with Crippen molar-refractivity contribution in [2.24, 2.45) is 17.4 Å². The lowest BCUT2D eigenvalue weighted by molar-refractivity contribution is 0.508. The maximum Gasteiger partial charge on any atom is 0.0177 e. The Bertz CT molecular complexity index is 272. The van der Waals surface area contributed by atoms with Gasteiger partial charge < -0.3 is 11.5 Å². The van der Waals surface area contributed by atoms with Gasteiger partial charge in [0.2, 0.25) is 0 Å². The summed E-state index contributed by atoms with van der Waals surface area (Å²) in [5.41, 5.74) is 12.5. The van der Waals surface area contributed by atoms with Crippen LogP contribution in [-0.2, 0) is 6.42 Å². The van der Waals surface area contributed by atoms with Crippen molar-refractivity contribution in [3.05, 3.63) is 34.3 Å². The molecule has 0 atom stereocenters. The van der Waals surface area contributed by atoms with Crippen LogP contribution in [0.5, 0.6) is 0 Å². The minimum atomic E-state index is 0.453. The molecular formula is C11H17BrN2. The van der Waals surface area contributed by atoms with Gasteiger partial charge in [0.15, 0.2) is 0 Å². The van der Waals surface area contributed by atoms with Crippen molar-refractivity contribution in [2.75, 3.05) is 13.1 Å². The quantitative estimate of drug-likeness (QED) is 0.846. The molecule has 78 valence electrons. The summed E-state index contributed by atoms with van der Waals surface area (Å²) < 4.78 is 1.13. The van der Waals surface area contributed by atoms with E-state index in [4.69, 9.17) is 11.5 Å². The van der Waals surface area contributed by atoms with Crippen LogP contribution in [0, 0.1) is 5.92 Å². The molecule has 0 bridgehead atoms. The third-order valence-electron chi connectivity index (χ3n) is 2.40. The van der Waals surface area contributed by atoms with Gasteiger partial charge in [0.1, 0.15) is 0 Å². The van der Waals surface area contributed by atoms with Crippen LogP contribution in [0.4, 0.5) is 0 Å². The molecule has 4 N–H and O–H groups in total. The Hall–Kier alpha value is -0.380. The fourth-order valence-corrected chi connectivity index (χ4v) is 1.84. The third kappa shape index (κ3) is 3.78. The lowest BCUT2D eigenvalue weighted by Crippen LogP contribution is -2.23. The summed E-state index contributed by atoms with van der Waals surface area (Å²) in [7, 11) is 0. The predicted octanol–water partition coefficient (Wildman–Crippen LogP) is 1.92. The van der Waals surface area contributed by atoms with Crippen molar-refractivity contribution in [1.29, 1.82) is 0 Å². The summed E-state index contributed by atoms with van der Waals surface area (Å²) >= 11 is 3.45. The second-order valence-corrected chi connectivity index (χ2v) is 4.42. The predicted molar refractivity (Wildman–Crippen MR) is 64.1 cm³/mol. The Kier molecular flexibility index (Phi) is 5.15. The molecule has 0 saturated heterocycles. The highest BCUT2D eigenvalue weighted by atomic mass is 79.9. The Labute approximate surface area is 93.8 Å². The fourth-order valence-electron chi connectivity index (χ4n) is 1.40. The van der Waals surface area contributed by atoms with Gasteiger partial charge in [0.25, 0.3) is 0 Å². The minimum absolute atomic E-state index is 0.453. The minimum Gasteiger partial charge on any atom is -0.330 e. The molecule has 0 saturated carbocycles. The first-order valence-electron chi connectivity index (χ1n) is 4.91. The van der Waals surface area contributed by atoms with Gasteiger partial charge in [0, 0.05) is 4.47 Å². The molecule has 3 heteroatoms. The monoisotopic (exact) mass is 256 g/mol. The van der Waals surface area contributed by atoms with Crippen LogP contribution in [0.25, 0.3) is 0 Å². The summed E-state index contributed by atoms with van der Waals surface area (Å²) in [6.07, 6.45) is 2.13. The van der Waals surface area contributed by atoms with Crippen LogP contribution in [0.1, 0.15) is 12.0 Å². The van der Waals surface area contributed by atoms with Gasteiger partial charge >= 0.3 is 0 Å². The number of hydrogen-bond acceptors (Lipinski definition) is 2. The largest absolute Gasteiger partial charge is 0.330 e. The van der Waals surface area contributed by atoms with Crippen LogP contribution >= 0.6 is 15.9 Å². The standard InChI is InChI=1S/C11H17BrN2/c12-11-3-1-2-9(6-11)4-5-10(7-13)8-14/h1-3,6,10H,4-5,7-8,13-14H2. The molecule has 1 aromatic carbocycles. The molecule has 0 heterocycles. The van der Waals surface area contributed by atoms with E-state index in [1.54, 1.807) is 0 Å². The second kappa shape index (κ2) is 6.17. The molecule has 0 aliphatic carbocycles. The Morgan fingerprint density at radius 1 is 1.21 bits per heavy atom. The summed E-state index contributed by atoms with van der Waals surface area (Å²) in [6, 6.07) is 8.37. The number of aryl methyl sites for hydroxylation is 1. The van der Waals surface area contributed by atoms with Crippen molar-refractivity contribution in [3.63, 3.8) is 0 Å². The van der Waals surface area contributed by atoms with Crippen LogP contribution in [0.2, 0.25) is 0 Å². The summed E-state index contributed by atoms with van der Waals surface area (Å²) in [5.74, 6) is 0.453. The maximum atomic E-state index is 5.59. The maximum absolute atomic E-state index is 5.59. The molecule has 0 unspecified atom stereocenters. The van der Waals surface area contributed by atoms with Gasteiger partial charge in [-0.25, -0.2) is 0 Å². The van der Waals surface area contributed by atoms with E-state index in [0.717, 1.165) is 17.3 Å². The molecule has 0 radical (unpaired) electrons. The Balaban J connectivity index is 2.44. The molecule has 0 aliphatic heterocycles. The first-order valence-corrected chi connectivity index (χ1v) is 5.70. The van der Waals surface area contributed by atoms with Crippen molar-refractivity contribution in [1.82, 2.24) is 0 Å². The average molecular weight is 257 g/mol. The average Bonchev–Trinajstić information content (AvgIpc) is 2.19. The molecule has 0 spiro atoms. The van der Waals surface area contributed by atoms with Crippen molar-refractivity contribution in [2.45, 2.75) is 12.8 Å². The Morgan fingerprint density at radius 3 is 2.50 bits per heavy atom. The highest BCUT2D eigenvalue weighted by molar-refractivity contribution is 9.10. The van der Waals surface area contributed by atoms with Crippen LogP contribution in [0.15, 0.2) is 28.7 Å². The van der Waals surface area contributed by atoms with Gasteiger partial charge in [-0.05, 0) is 49.5 Å². The molecular weight excluding hydrogens is 240 g/mol. The summed E-state index contributed by atoms with van der Waals surface area (Å²) in [6.45, 7) is 1.37. The van der Waals surface area contributed by atoms with E-state index in [0.29, 0.717) is 19.0 Å². The van der Waals surface area contributed by atoms with E-state index < -0.39 is 0 Å². The molecule has 2 nitrogen and oxygen atoms in total. The van der Waals surface area contributed by atoms with Crippen molar-refractivity contribution in [3.8, 4) is 0 Å². The van der Waals surface area contributed by atoms with E-state index >= 15 is 0 Å². The normalized spacial score (nSPS) is 10.9. The van der Waals surface area contributed by atoms with E-state index in [1.807, 2.05) is 6.07 Å². The van der Waals surface area contributed by atoms with E-state index in [-0.39, 0.29) is 0 Å². The zero-order chi connectivity index (χ0) is 10.4. The van der Waals surface area contributed by atoms with Crippen molar-refractivity contribution < 1.29 is 0 Å². The van der Waals surface area contributed by atoms with Gasteiger partial charge in [0.05, 0.1) is 0 Å². The SMILES string of the molecule is NCC(CN)CCc1cccc(Br)c1. The number of benzene rings is 1. The highest BCUT2D eigenvalue weighted by Gasteiger charge is 2.04. The first kappa shape index (κ1) is 11.7. The fraction of sp³-hybridized carbons (Fsp3) is 0.455. The molecule has 0 amide bonds. The first-order chi connectivity index (χ1) is 6.76. The van der Waals surface area contributed by atoms with E-state index in [9.17, 15) is 0 Å². The highest BCUT2D eigenvalue weighted by Crippen LogP contribution is 2.14. The molecule has 1 aromatic rings. The Morgan fingerprint density at radius 2 is 1.93 bits per heavy atom. The number of halogens is 1. The van der Waals surface area contributed by atoms with Gasteiger partial charge in [-0.2, -0.15) is 0 Å². The van der Waals surface area contributed by atoms with Crippen LogP contribution < -0.4 is 11.5 Å². The van der Waals surface area contributed by atoms with Crippen LogP contribution in [0.3, 0.4) is 0 Å². The molecule has 0 aliphatic rings. The smallest absolute Gasteiger partial charge is 0.0177 e. The zero-order valence-electron chi connectivity index (χ0n) is 8.25. The van der Waals surface area contributed by atoms with Gasteiger partial charge in [-0.1, -0.05) is 28.1 Å². The van der Waals surface area contributed by atoms with E-state index in [2.05, 4.69) is 34.1 Å². The summed E-state index contributed by atoms with van der Waals surface area (Å²) in [5, 5.41) is 0. The molecule has 0 aromatic heterocycles. The number of rotatable bonds is 5. The molecule has 0 fully saturated rings.